The molecule has 2 heterocycles. The van der Waals surface area contributed by atoms with E-state index in [4.69, 9.17) is 14.2 Å². The van der Waals surface area contributed by atoms with Crippen molar-refractivity contribution < 1.29 is 19.3 Å². The third-order valence-corrected chi connectivity index (χ3v) is 3.69. The second kappa shape index (κ2) is 5.36. The van der Waals surface area contributed by atoms with Gasteiger partial charge in [0.1, 0.15) is 0 Å². The van der Waals surface area contributed by atoms with Gasteiger partial charge in [-0.15, -0.1) is 0 Å². The Hall–Kier alpha value is -1.30. The average molecular weight is 265 g/mol. The summed E-state index contributed by atoms with van der Waals surface area (Å²) in [5.74, 6) is 1.46. The van der Waals surface area contributed by atoms with Crippen LogP contribution < -0.4 is 9.47 Å². The smallest absolute Gasteiger partial charge is 0.231 e. The molecule has 104 valence electrons. The van der Waals surface area contributed by atoms with E-state index in [1.807, 2.05) is 18.2 Å². The first-order valence-electron chi connectivity index (χ1n) is 6.63. The summed E-state index contributed by atoms with van der Waals surface area (Å²) in [6.07, 6.45) is -0.518. The van der Waals surface area contributed by atoms with E-state index in [1.165, 1.54) is 0 Å². The molecule has 1 N–H and O–H groups in total. The van der Waals surface area contributed by atoms with Gasteiger partial charge in [-0.3, -0.25) is 4.90 Å². The summed E-state index contributed by atoms with van der Waals surface area (Å²) in [6, 6.07) is 5.95. The van der Waals surface area contributed by atoms with Crippen LogP contribution in [0.3, 0.4) is 0 Å². The number of hydrogen-bond donors (Lipinski definition) is 1. The number of hydrogen-bond acceptors (Lipinski definition) is 5. The SMILES string of the molecule is CC1COCCN1CC(O)c1ccc2c(c1)OCO2. The number of nitrogens with zero attached hydrogens (tertiary/aromatic N) is 1. The number of β-amino-alcohol motifs (C(OH)–C–C–N with tert-alkyl or cyclic N) is 1. The van der Waals surface area contributed by atoms with Crippen LogP contribution in [0.15, 0.2) is 18.2 Å². The fourth-order valence-electron chi connectivity index (χ4n) is 2.48. The predicted molar refractivity (Wildman–Crippen MR) is 69.4 cm³/mol. The van der Waals surface area contributed by atoms with Crippen LogP contribution in [0.1, 0.15) is 18.6 Å². The number of fused-ring (bicyclic) bond motifs is 1. The van der Waals surface area contributed by atoms with Gasteiger partial charge in [-0.2, -0.15) is 0 Å². The Labute approximate surface area is 112 Å². The van der Waals surface area contributed by atoms with E-state index in [2.05, 4.69) is 11.8 Å². The second-order valence-electron chi connectivity index (χ2n) is 5.05. The molecule has 19 heavy (non-hydrogen) atoms. The highest BCUT2D eigenvalue weighted by Gasteiger charge is 2.23. The van der Waals surface area contributed by atoms with Crippen molar-refractivity contribution in [1.82, 2.24) is 4.90 Å². The van der Waals surface area contributed by atoms with Gasteiger partial charge in [0.05, 0.1) is 19.3 Å². The number of aliphatic hydroxyl groups excluding tert-OH is 1. The standard InChI is InChI=1S/C14H19NO4/c1-10-8-17-5-4-15(10)7-12(16)11-2-3-13-14(6-11)19-9-18-13/h2-3,6,10,12,16H,4-5,7-9H2,1H3. The Bertz CT molecular complexity index is 451. The molecule has 1 fully saturated rings. The van der Waals surface area contributed by atoms with Crippen molar-refractivity contribution in [2.24, 2.45) is 0 Å². The summed E-state index contributed by atoms with van der Waals surface area (Å²) < 4.78 is 16.0. The molecule has 2 aliphatic heterocycles. The molecule has 5 nitrogen and oxygen atoms in total. The van der Waals surface area contributed by atoms with Crippen molar-refractivity contribution in [2.75, 3.05) is 33.1 Å². The van der Waals surface area contributed by atoms with E-state index < -0.39 is 6.10 Å². The van der Waals surface area contributed by atoms with E-state index in [9.17, 15) is 5.11 Å². The van der Waals surface area contributed by atoms with Crippen molar-refractivity contribution in [1.29, 1.82) is 0 Å². The van der Waals surface area contributed by atoms with Crippen molar-refractivity contribution in [2.45, 2.75) is 19.1 Å². The molecule has 2 unspecified atom stereocenters. The molecule has 0 bridgehead atoms. The minimum absolute atomic E-state index is 0.259. The van der Waals surface area contributed by atoms with Crippen LogP contribution >= 0.6 is 0 Å². The predicted octanol–water partition coefficient (Wildman–Crippen LogP) is 1.17. The van der Waals surface area contributed by atoms with Gasteiger partial charge >= 0.3 is 0 Å². The van der Waals surface area contributed by atoms with E-state index in [0.29, 0.717) is 18.3 Å². The maximum atomic E-state index is 10.3. The lowest BCUT2D eigenvalue weighted by Gasteiger charge is -2.34. The van der Waals surface area contributed by atoms with Gasteiger partial charge in [0.25, 0.3) is 0 Å². The third-order valence-electron chi connectivity index (χ3n) is 3.69. The van der Waals surface area contributed by atoms with Crippen molar-refractivity contribution in [3.8, 4) is 11.5 Å². The quantitative estimate of drug-likeness (QED) is 0.889. The van der Waals surface area contributed by atoms with Gasteiger partial charge in [0.2, 0.25) is 6.79 Å². The number of ether oxygens (including phenoxy) is 3. The zero-order valence-electron chi connectivity index (χ0n) is 11.0. The summed E-state index contributed by atoms with van der Waals surface area (Å²) >= 11 is 0. The Morgan fingerprint density at radius 2 is 2.21 bits per heavy atom. The second-order valence-corrected chi connectivity index (χ2v) is 5.05. The number of morpholine rings is 1. The third kappa shape index (κ3) is 2.68. The zero-order chi connectivity index (χ0) is 13.2. The molecule has 0 spiro atoms. The summed E-state index contributed by atoms with van der Waals surface area (Å²) in [7, 11) is 0. The van der Waals surface area contributed by atoms with Crippen molar-refractivity contribution >= 4 is 0 Å². The lowest BCUT2D eigenvalue weighted by atomic mass is 10.1. The monoisotopic (exact) mass is 265 g/mol. The molecule has 2 atom stereocenters. The first kappa shape index (κ1) is 12.7. The van der Waals surface area contributed by atoms with Crippen LogP contribution in [0.2, 0.25) is 0 Å². The molecule has 3 rings (SSSR count). The Kier molecular flexibility index (Phi) is 3.59. The Balaban J connectivity index is 1.68. The Morgan fingerprint density at radius 1 is 1.37 bits per heavy atom. The van der Waals surface area contributed by atoms with E-state index in [1.54, 1.807) is 0 Å². The fourth-order valence-corrected chi connectivity index (χ4v) is 2.48. The van der Waals surface area contributed by atoms with Gasteiger partial charge in [0, 0.05) is 19.1 Å². The summed E-state index contributed by atoms with van der Waals surface area (Å²) in [6.45, 7) is 5.32. The molecule has 2 aliphatic rings. The molecule has 0 saturated carbocycles. The molecule has 0 aliphatic carbocycles. The largest absolute Gasteiger partial charge is 0.454 e. The minimum Gasteiger partial charge on any atom is -0.454 e. The van der Waals surface area contributed by atoms with Gasteiger partial charge in [-0.1, -0.05) is 6.07 Å². The topological polar surface area (TPSA) is 51.2 Å². The molecular weight excluding hydrogens is 246 g/mol. The zero-order valence-corrected chi connectivity index (χ0v) is 11.0. The molecule has 0 aromatic heterocycles. The highest BCUT2D eigenvalue weighted by molar-refractivity contribution is 5.45. The van der Waals surface area contributed by atoms with Crippen molar-refractivity contribution in [3.63, 3.8) is 0 Å². The van der Waals surface area contributed by atoms with Gasteiger partial charge < -0.3 is 19.3 Å². The first-order valence-corrected chi connectivity index (χ1v) is 6.63. The lowest BCUT2D eigenvalue weighted by Crippen LogP contribution is -2.45. The van der Waals surface area contributed by atoms with Crippen LogP contribution in [0, 0.1) is 0 Å². The summed E-state index contributed by atoms with van der Waals surface area (Å²) in [5.41, 5.74) is 0.864. The maximum Gasteiger partial charge on any atom is 0.231 e. The highest BCUT2D eigenvalue weighted by atomic mass is 16.7. The van der Waals surface area contributed by atoms with E-state index in [-0.39, 0.29) is 6.79 Å². The van der Waals surface area contributed by atoms with Crippen LogP contribution in [0.5, 0.6) is 11.5 Å². The van der Waals surface area contributed by atoms with Gasteiger partial charge in [-0.05, 0) is 24.6 Å². The molecule has 1 aromatic rings. The van der Waals surface area contributed by atoms with Gasteiger partial charge in [-0.25, -0.2) is 0 Å². The van der Waals surface area contributed by atoms with Crippen LogP contribution in [-0.2, 0) is 4.74 Å². The van der Waals surface area contributed by atoms with E-state index in [0.717, 1.165) is 31.1 Å². The normalized spacial score (nSPS) is 24.4. The fraction of sp³-hybridized carbons (Fsp3) is 0.571. The molecule has 1 saturated heterocycles. The summed E-state index contributed by atoms with van der Waals surface area (Å²) in [5, 5.41) is 10.3. The van der Waals surface area contributed by atoms with Crippen molar-refractivity contribution in [3.05, 3.63) is 23.8 Å². The van der Waals surface area contributed by atoms with Gasteiger partial charge in [0.15, 0.2) is 11.5 Å². The average Bonchev–Trinajstić information content (AvgIpc) is 2.88. The molecule has 1 aromatic carbocycles. The minimum atomic E-state index is -0.518. The van der Waals surface area contributed by atoms with Crippen LogP contribution in [0.25, 0.3) is 0 Å². The van der Waals surface area contributed by atoms with Crippen LogP contribution in [-0.4, -0.2) is 49.1 Å². The van der Waals surface area contributed by atoms with E-state index >= 15 is 0 Å². The molecule has 0 radical (unpaired) electrons. The highest BCUT2D eigenvalue weighted by Crippen LogP contribution is 2.34. The number of aliphatic hydroxyl groups is 1. The summed E-state index contributed by atoms with van der Waals surface area (Å²) in [4.78, 5) is 2.25. The number of benzene rings is 1. The molecule has 5 heteroatoms. The van der Waals surface area contributed by atoms with Crippen LogP contribution in [0.4, 0.5) is 0 Å². The first-order chi connectivity index (χ1) is 9.24. The number of rotatable bonds is 3. The lowest BCUT2D eigenvalue weighted by molar-refractivity contribution is -0.0203. The Morgan fingerprint density at radius 3 is 3.05 bits per heavy atom. The molecular formula is C14H19NO4. The molecule has 0 amide bonds. The maximum absolute atomic E-state index is 10.3.